The first-order chi connectivity index (χ1) is 22.5. The van der Waals surface area contributed by atoms with Crippen molar-refractivity contribution < 1.29 is 24.1 Å². The van der Waals surface area contributed by atoms with Gasteiger partial charge in [0.1, 0.15) is 29.4 Å². The third-order valence-corrected chi connectivity index (χ3v) is 8.20. The van der Waals surface area contributed by atoms with Crippen molar-refractivity contribution in [3.63, 3.8) is 0 Å². The lowest BCUT2D eigenvalue weighted by Gasteiger charge is -2.42. The summed E-state index contributed by atoms with van der Waals surface area (Å²) in [6.45, 7) is 6.96. The van der Waals surface area contributed by atoms with Gasteiger partial charge in [0.2, 0.25) is 0 Å². The van der Waals surface area contributed by atoms with E-state index in [0.717, 1.165) is 35.5 Å². The number of amides is 1. The van der Waals surface area contributed by atoms with Gasteiger partial charge in [0.15, 0.2) is 0 Å². The summed E-state index contributed by atoms with van der Waals surface area (Å²) >= 11 is 0. The van der Waals surface area contributed by atoms with Crippen molar-refractivity contribution in [2.45, 2.75) is 19.4 Å². The highest BCUT2D eigenvalue weighted by Crippen LogP contribution is 2.58. The number of benzene rings is 4. The van der Waals surface area contributed by atoms with Crippen LogP contribution in [0.4, 0.5) is 17.1 Å². The van der Waals surface area contributed by atoms with Gasteiger partial charge in [-0.3, -0.25) is 9.79 Å². The van der Waals surface area contributed by atoms with Crippen molar-refractivity contribution in [3.05, 3.63) is 107 Å². The largest absolute Gasteiger partial charge is 0.491 e. The molecule has 46 heavy (non-hydrogen) atoms. The van der Waals surface area contributed by atoms with Gasteiger partial charge in [-0.25, -0.2) is 5.01 Å². The number of rotatable bonds is 12. The van der Waals surface area contributed by atoms with Crippen LogP contribution in [0.1, 0.15) is 40.9 Å². The van der Waals surface area contributed by atoms with Crippen LogP contribution >= 0.6 is 0 Å². The molecule has 0 radical (unpaired) electrons. The van der Waals surface area contributed by atoms with Crippen LogP contribution in [0.5, 0.6) is 17.2 Å². The molecule has 10 nitrogen and oxygen atoms in total. The Labute approximate surface area is 268 Å². The highest BCUT2D eigenvalue weighted by molar-refractivity contribution is 6.17. The van der Waals surface area contributed by atoms with Crippen molar-refractivity contribution >= 4 is 35.4 Å². The molecule has 1 unspecified atom stereocenters. The molecule has 2 aliphatic rings. The van der Waals surface area contributed by atoms with Crippen LogP contribution in [0, 0.1) is 0 Å². The van der Waals surface area contributed by atoms with Gasteiger partial charge < -0.3 is 30.0 Å². The molecule has 1 spiro atoms. The maximum atomic E-state index is 14.1. The molecule has 10 heteroatoms. The Balaban J connectivity index is 1.36. The van der Waals surface area contributed by atoms with E-state index >= 15 is 0 Å². The van der Waals surface area contributed by atoms with Gasteiger partial charge in [-0.05, 0) is 56.3 Å². The van der Waals surface area contributed by atoms with E-state index in [2.05, 4.69) is 29.8 Å². The summed E-state index contributed by atoms with van der Waals surface area (Å²) in [7, 11) is 0. The van der Waals surface area contributed by atoms with Gasteiger partial charge >= 0.3 is 0 Å². The zero-order valence-corrected chi connectivity index (χ0v) is 25.9. The molecule has 2 heterocycles. The fourth-order valence-electron chi connectivity index (χ4n) is 6.12. The lowest BCUT2D eigenvalue weighted by atomic mass is 9.75. The number of anilines is 2. The van der Waals surface area contributed by atoms with E-state index in [9.17, 15) is 4.79 Å². The van der Waals surface area contributed by atoms with Gasteiger partial charge in [0.05, 0.1) is 31.7 Å². The number of aliphatic imine (C=N–C) groups is 1. The number of nitrogens with zero attached hydrogens (tertiary/aromatic N) is 4. The van der Waals surface area contributed by atoms with Crippen LogP contribution in [-0.2, 0) is 10.3 Å². The molecule has 1 amide bonds. The lowest BCUT2D eigenvalue weighted by molar-refractivity contribution is 0.0675. The van der Waals surface area contributed by atoms with Crippen molar-refractivity contribution in [1.82, 2.24) is 5.01 Å². The monoisotopic (exact) mass is 619 g/mol. The second-order valence-electron chi connectivity index (χ2n) is 10.8. The van der Waals surface area contributed by atoms with Crippen LogP contribution < -0.4 is 20.1 Å². The molecule has 1 atom stereocenters. The Morgan fingerprint density at radius 2 is 1.63 bits per heavy atom. The molecule has 4 aromatic carbocycles. The predicted octanol–water partition coefficient (Wildman–Crippen LogP) is 5.74. The maximum Gasteiger partial charge on any atom is 0.275 e. The third-order valence-electron chi connectivity index (χ3n) is 8.20. The van der Waals surface area contributed by atoms with Crippen molar-refractivity contribution in [2.75, 3.05) is 50.2 Å². The Morgan fingerprint density at radius 3 is 2.39 bits per heavy atom. The number of aliphatic hydroxyl groups excluding tert-OH is 1. The first-order valence-electron chi connectivity index (χ1n) is 15.4. The first-order valence-corrected chi connectivity index (χ1v) is 15.4. The molecule has 0 fully saturated rings. The average Bonchev–Trinajstić information content (AvgIpc) is 3.31. The minimum Gasteiger partial charge on any atom is -0.491 e. The number of hydrogen-bond donors (Lipinski definition) is 2. The zero-order chi connectivity index (χ0) is 32.1. The molecule has 0 saturated carbocycles. The standard InChI is InChI=1S/C36H37N5O5/c1-3-40(4-2)27-12-16-32-34(24-27)46-33-23-25(37)9-15-31(33)36(32)30-8-6-5-7-29(30)35(43)41(36)39-18-17-38-26-10-13-28(14-11-26)45-22-21-44-20-19-42/h5-18,23-24,42H,3-4,19-22,37H2,1-2H3/b38-17?,39-18+. The first kappa shape index (κ1) is 30.8. The Morgan fingerprint density at radius 1 is 0.891 bits per heavy atom. The number of nitrogens with two attached hydrogens (primary N) is 1. The average molecular weight is 620 g/mol. The van der Waals surface area contributed by atoms with Crippen molar-refractivity contribution in [2.24, 2.45) is 10.1 Å². The molecule has 6 rings (SSSR count). The number of fused-ring (bicyclic) bond motifs is 6. The molecule has 0 aromatic heterocycles. The number of ether oxygens (including phenoxy) is 3. The lowest BCUT2D eigenvalue weighted by Crippen LogP contribution is -2.44. The fourth-order valence-corrected chi connectivity index (χ4v) is 6.12. The van der Waals surface area contributed by atoms with E-state index in [1.165, 1.54) is 11.2 Å². The fraction of sp³-hybridized carbons (Fsp3) is 0.250. The summed E-state index contributed by atoms with van der Waals surface area (Å²) < 4.78 is 17.4. The van der Waals surface area contributed by atoms with E-state index in [1.54, 1.807) is 12.3 Å². The molecule has 0 bridgehead atoms. The number of hydrazone groups is 1. The zero-order valence-electron chi connectivity index (χ0n) is 25.9. The van der Waals surface area contributed by atoms with E-state index in [4.69, 9.17) is 30.2 Å². The van der Waals surface area contributed by atoms with Gasteiger partial charge in [-0.1, -0.05) is 30.3 Å². The molecule has 236 valence electrons. The third kappa shape index (κ3) is 5.57. The Bertz CT molecular complexity index is 1770. The minimum atomic E-state index is -1.09. The van der Waals surface area contributed by atoms with Gasteiger partial charge in [0.25, 0.3) is 5.91 Å². The molecule has 0 aliphatic carbocycles. The number of nitrogen functional groups attached to an aromatic ring is 1. The Kier molecular flexibility index (Phi) is 9.00. The van der Waals surface area contributed by atoms with E-state index in [0.29, 0.717) is 47.4 Å². The molecule has 2 aliphatic heterocycles. The summed E-state index contributed by atoms with van der Waals surface area (Å²) in [5.41, 5.74) is 10.4. The summed E-state index contributed by atoms with van der Waals surface area (Å²) in [6.07, 6.45) is 3.10. The molecular formula is C36H37N5O5. The highest BCUT2D eigenvalue weighted by Gasteiger charge is 2.57. The van der Waals surface area contributed by atoms with Crippen molar-refractivity contribution in [3.8, 4) is 17.2 Å². The summed E-state index contributed by atoms with van der Waals surface area (Å²) in [5.74, 6) is 1.67. The van der Waals surface area contributed by atoms with Crippen LogP contribution in [0.15, 0.2) is 95.0 Å². The van der Waals surface area contributed by atoms with Crippen molar-refractivity contribution in [1.29, 1.82) is 0 Å². The number of aliphatic hydroxyl groups is 1. The van der Waals surface area contributed by atoms with Gasteiger partial charge in [0, 0.05) is 65.1 Å². The molecule has 4 aromatic rings. The van der Waals surface area contributed by atoms with E-state index in [-0.39, 0.29) is 19.1 Å². The smallest absolute Gasteiger partial charge is 0.275 e. The normalized spacial score (nSPS) is 16.5. The number of hydrogen-bond acceptors (Lipinski definition) is 9. The molecule has 3 N–H and O–H groups in total. The summed E-state index contributed by atoms with van der Waals surface area (Å²) in [5, 5.41) is 15.1. The van der Waals surface area contributed by atoms with E-state index < -0.39 is 5.54 Å². The maximum absolute atomic E-state index is 14.1. The Hall–Kier alpha value is -5.19. The summed E-state index contributed by atoms with van der Waals surface area (Å²) in [4.78, 5) is 20.9. The predicted molar refractivity (Wildman–Crippen MR) is 180 cm³/mol. The molecular weight excluding hydrogens is 582 g/mol. The van der Waals surface area contributed by atoms with Gasteiger partial charge in [-0.2, -0.15) is 5.10 Å². The second kappa shape index (κ2) is 13.4. The quantitative estimate of drug-likeness (QED) is 0.118. The van der Waals surface area contributed by atoms with Crippen LogP contribution in [-0.4, -0.2) is 68.0 Å². The minimum absolute atomic E-state index is 0.0161. The second-order valence-corrected chi connectivity index (χ2v) is 10.8. The van der Waals surface area contributed by atoms with Crippen LogP contribution in [0.25, 0.3) is 0 Å². The summed E-state index contributed by atoms with van der Waals surface area (Å²) in [6, 6.07) is 26.6. The highest BCUT2D eigenvalue weighted by atomic mass is 16.5. The van der Waals surface area contributed by atoms with E-state index in [1.807, 2.05) is 72.8 Å². The van der Waals surface area contributed by atoms with Crippen LogP contribution in [0.3, 0.4) is 0 Å². The number of carbonyl (C=O) groups is 1. The van der Waals surface area contributed by atoms with Gasteiger partial charge in [-0.15, -0.1) is 0 Å². The molecule has 0 saturated heterocycles. The SMILES string of the molecule is CCN(CC)c1ccc2c(c1)Oc1cc(N)ccc1C21c2ccccc2C(=O)N1/N=C/C=Nc1ccc(OCCOCCO)cc1. The number of carbonyl (C=O) groups excluding carboxylic acids is 1. The topological polar surface area (TPSA) is 122 Å². The van der Waals surface area contributed by atoms with Crippen LogP contribution in [0.2, 0.25) is 0 Å².